The van der Waals surface area contributed by atoms with E-state index in [-0.39, 0.29) is 17.4 Å². The summed E-state index contributed by atoms with van der Waals surface area (Å²) in [5.41, 5.74) is 1.88. The van der Waals surface area contributed by atoms with Crippen LogP contribution in [-0.4, -0.2) is 9.38 Å². The lowest BCUT2D eigenvalue weighted by Crippen LogP contribution is -1.87. The molecule has 2 heterocycles. The molecule has 1 aromatic carbocycles. The third-order valence-electron chi connectivity index (χ3n) is 3.18. The van der Waals surface area contributed by atoms with E-state index >= 15 is 0 Å². The third-order valence-corrected chi connectivity index (χ3v) is 3.18. The van der Waals surface area contributed by atoms with Crippen LogP contribution in [0.5, 0.6) is 0 Å². The van der Waals surface area contributed by atoms with Crippen molar-refractivity contribution in [3.05, 3.63) is 60.2 Å². The summed E-state index contributed by atoms with van der Waals surface area (Å²) >= 11 is 0. The highest BCUT2D eigenvalue weighted by atomic mass is 19.1. The van der Waals surface area contributed by atoms with Gasteiger partial charge in [0.1, 0.15) is 11.3 Å². The number of aromatic nitrogens is 2. The number of imidazole rings is 1. The molecule has 2 aromatic heterocycles. The van der Waals surface area contributed by atoms with E-state index in [1.54, 1.807) is 18.2 Å². The van der Waals surface area contributed by atoms with Crippen LogP contribution in [0.25, 0.3) is 5.65 Å². The SMILES string of the molecule is CC(C)c1nc2ccccn2c1N=Nc1ccccc1F. The van der Waals surface area contributed by atoms with Crippen molar-refractivity contribution in [3.8, 4) is 0 Å². The Kier molecular flexibility index (Phi) is 3.48. The molecule has 0 spiro atoms. The van der Waals surface area contributed by atoms with Crippen LogP contribution in [0, 0.1) is 5.82 Å². The highest BCUT2D eigenvalue weighted by molar-refractivity contribution is 5.53. The maximum Gasteiger partial charge on any atom is 0.183 e. The van der Waals surface area contributed by atoms with Gasteiger partial charge in [-0.05, 0) is 30.2 Å². The molecule has 3 aromatic rings. The van der Waals surface area contributed by atoms with Crippen LogP contribution in [0.3, 0.4) is 0 Å². The lowest BCUT2D eigenvalue weighted by atomic mass is 10.1. The molecule has 21 heavy (non-hydrogen) atoms. The Labute approximate surface area is 122 Å². The lowest BCUT2D eigenvalue weighted by molar-refractivity contribution is 0.628. The summed E-state index contributed by atoms with van der Waals surface area (Å²) < 4.78 is 15.5. The molecule has 0 unspecified atom stereocenters. The maximum absolute atomic E-state index is 13.6. The van der Waals surface area contributed by atoms with Gasteiger partial charge in [-0.1, -0.05) is 32.0 Å². The van der Waals surface area contributed by atoms with Crippen LogP contribution in [-0.2, 0) is 0 Å². The van der Waals surface area contributed by atoms with Crippen molar-refractivity contribution >= 4 is 17.2 Å². The molecule has 0 N–H and O–H groups in total. The molecule has 0 fully saturated rings. The largest absolute Gasteiger partial charge is 0.283 e. The molecule has 0 atom stereocenters. The van der Waals surface area contributed by atoms with Crippen LogP contribution < -0.4 is 0 Å². The first-order valence-corrected chi connectivity index (χ1v) is 6.80. The average Bonchev–Trinajstić information content (AvgIpc) is 2.85. The number of benzene rings is 1. The second-order valence-electron chi connectivity index (χ2n) is 5.06. The number of hydrogen-bond donors (Lipinski definition) is 0. The van der Waals surface area contributed by atoms with E-state index in [1.165, 1.54) is 6.07 Å². The minimum Gasteiger partial charge on any atom is -0.283 e. The number of halogens is 1. The molecule has 0 saturated heterocycles. The molecule has 0 saturated carbocycles. The lowest BCUT2D eigenvalue weighted by Gasteiger charge is -2.01. The van der Waals surface area contributed by atoms with Crippen LogP contribution >= 0.6 is 0 Å². The molecule has 0 amide bonds. The zero-order valence-corrected chi connectivity index (χ0v) is 11.9. The quantitative estimate of drug-likeness (QED) is 0.622. The summed E-state index contributed by atoms with van der Waals surface area (Å²) in [7, 11) is 0. The van der Waals surface area contributed by atoms with Gasteiger partial charge in [0, 0.05) is 6.20 Å². The van der Waals surface area contributed by atoms with Crippen LogP contribution in [0.15, 0.2) is 58.9 Å². The van der Waals surface area contributed by atoms with E-state index in [0.717, 1.165) is 11.3 Å². The van der Waals surface area contributed by atoms with E-state index < -0.39 is 0 Å². The summed E-state index contributed by atoms with van der Waals surface area (Å²) in [5.74, 6) is 0.462. The smallest absolute Gasteiger partial charge is 0.183 e. The Morgan fingerprint density at radius 1 is 1.05 bits per heavy atom. The normalized spacial score (nSPS) is 11.8. The van der Waals surface area contributed by atoms with E-state index in [4.69, 9.17) is 0 Å². The highest BCUT2D eigenvalue weighted by Gasteiger charge is 2.14. The predicted molar refractivity (Wildman–Crippen MR) is 79.9 cm³/mol. The van der Waals surface area contributed by atoms with Crippen molar-refractivity contribution in [2.75, 3.05) is 0 Å². The number of rotatable bonds is 3. The Bertz CT molecular complexity index is 805. The topological polar surface area (TPSA) is 42.0 Å². The van der Waals surface area contributed by atoms with Gasteiger partial charge in [0.05, 0.1) is 5.69 Å². The van der Waals surface area contributed by atoms with E-state index in [9.17, 15) is 4.39 Å². The summed E-state index contributed by atoms with van der Waals surface area (Å²) in [5, 5.41) is 8.26. The molecule has 3 rings (SSSR count). The number of fused-ring (bicyclic) bond motifs is 1. The van der Waals surface area contributed by atoms with Gasteiger partial charge in [-0.3, -0.25) is 4.40 Å². The monoisotopic (exact) mass is 282 g/mol. The van der Waals surface area contributed by atoms with Gasteiger partial charge in [0.15, 0.2) is 11.6 Å². The van der Waals surface area contributed by atoms with E-state index in [0.29, 0.717) is 5.82 Å². The molecular weight excluding hydrogens is 267 g/mol. The number of hydrogen-bond acceptors (Lipinski definition) is 3. The van der Waals surface area contributed by atoms with Gasteiger partial charge in [-0.25, -0.2) is 9.37 Å². The Morgan fingerprint density at radius 2 is 1.81 bits per heavy atom. The molecule has 0 aliphatic rings. The summed E-state index contributed by atoms with van der Waals surface area (Å²) in [4.78, 5) is 4.56. The molecule has 106 valence electrons. The minimum absolute atomic E-state index is 0.208. The van der Waals surface area contributed by atoms with Crippen molar-refractivity contribution in [1.82, 2.24) is 9.38 Å². The summed E-state index contributed by atoms with van der Waals surface area (Å²) in [6.07, 6.45) is 1.88. The molecular formula is C16H15FN4. The first-order chi connectivity index (χ1) is 10.2. The van der Waals surface area contributed by atoms with Crippen molar-refractivity contribution < 1.29 is 4.39 Å². The zero-order chi connectivity index (χ0) is 14.8. The van der Waals surface area contributed by atoms with Crippen LogP contribution in [0.2, 0.25) is 0 Å². The van der Waals surface area contributed by atoms with Crippen molar-refractivity contribution in [3.63, 3.8) is 0 Å². The fraction of sp³-hybridized carbons (Fsp3) is 0.188. The Morgan fingerprint density at radius 3 is 2.57 bits per heavy atom. The average molecular weight is 282 g/mol. The van der Waals surface area contributed by atoms with Gasteiger partial charge >= 0.3 is 0 Å². The first-order valence-electron chi connectivity index (χ1n) is 6.80. The predicted octanol–water partition coefficient (Wildman–Crippen LogP) is 5.01. The highest BCUT2D eigenvalue weighted by Crippen LogP contribution is 2.29. The fourth-order valence-corrected chi connectivity index (χ4v) is 2.12. The Balaban J connectivity index is 2.11. The van der Waals surface area contributed by atoms with Crippen molar-refractivity contribution in [1.29, 1.82) is 0 Å². The van der Waals surface area contributed by atoms with Gasteiger partial charge in [-0.15, -0.1) is 10.2 Å². The molecule has 4 nitrogen and oxygen atoms in total. The third kappa shape index (κ3) is 2.54. The second kappa shape index (κ2) is 5.44. The summed E-state index contributed by atoms with van der Waals surface area (Å²) in [6, 6.07) is 12.1. The summed E-state index contributed by atoms with van der Waals surface area (Å²) in [6.45, 7) is 4.09. The number of azo groups is 1. The molecule has 5 heteroatoms. The molecule has 0 radical (unpaired) electrons. The standard InChI is InChI=1S/C16H15FN4/c1-11(2)15-16(21-10-6-5-9-14(21)18-15)20-19-13-8-4-3-7-12(13)17/h3-11H,1-2H3. The van der Waals surface area contributed by atoms with Crippen molar-refractivity contribution in [2.45, 2.75) is 19.8 Å². The molecule has 0 bridgehead atoms. The van der Waals surface area contributed by atoms with Crippen LogP contribution in [0.1, 0.15) is 25.5 Å². The number of pyridine rings is 1. The van der Waals surface area contributed by atoms with Gasteiger partial charge in [0.25, 0.3) is 0 Å². The maximum atomic E-state index is 13.6. The number of nitrogens with zero attached hydrogens (tertiary/aromatic N) is 4. The van der Waals surface area contributed by atoms with E-state index in [2.05, 4.69) is 15.2 Å². The van der Waals surface area contributed by atoms with Crippen LogP contribution in [0.4, 0.5) is 15.9 Å². The van der Waals surface area contributed by atoms with E-state index in [1.807, 2.05) is 42.6 Å². The van der Waals surface area contributed by atoms with Gasteiger partial charge < -0.3 is 0 Å². The van der Waals surface area contributed by atoms with Crippen molar-refractivity contribution in [2.24, 2.45) is 10.2 Å². The van der Waals surface area contributed by atoms with Gasteiger partial charge in [0.2, 0.25) is 0 Å². The molecule has 0 aliphatic heterocycles. The van der Waals surface area contributed by atoms with Gasteiger partial charge in [-0.2, -0.15) is 0 Å². The first kappa shape index (κ1) is 13.4. The zero-order valence-electron chi connectivity index (χ0n) is 11.9. The Hall–Kier alpha value is -2.56. The fourth-order valence-electron chi connectivity index (χ4n) is 2.12. The minimum atomic E-state index is -0.388. The second-order valence-corrected chi connectivity index (χ2v) is 5.06. The molecule has 0 aliphatic carbocycles.